The summed E-state index contributed by atoms with van der Waals surface area (Å²) in [6.45, 7) is 4.58. The molecule has 0 fully saturated rings. The molecule has 0 saturated heterocycles. The first-order valence-corrected chi connectivity index (χ1v) is 9.31. The molecule has 0 unspecified atom stereocenters. The summed E-state index contributed by atoms with van der Waals surface area (Å²) in [6.07, 6.45) is 20.3. The molecule has 0 N–H and O–H groups in total. The molecule has 0 amide bonds. The Hall–Kier alpha value is 0.430. The molecule has 0 rings (SSSR count). The molecule has 0 aromatic rings. The van der Waals surface area contributed by atoms with Gasteiger partial charge in [0.25, 0.3) is 0 Å². The lowest BCUT2D eigenvalue weighted by Gasteiger charge is -2.02. The minimum absolute atomic E-state index is 1.37. The van der Waals surface area contributed by atoms with Crippen LogP contribution in [0.5, 0.6) is 0 Å². The molecule has 0 aliphatic heterocycles. The molecule has 1 heteroatoms. The molecule has 0 aromatic heterocycles. The van der Waals surface area contributed by atoms with Crippen molar-refractivity contribution in [2.24, 2.45) is 0 Å². The fraction of sp³-hybridized carbons (Fsp3) is 1.00. The lowest BCUT2D eigenvalue weighted by atomic mass is 10.1. The van der Waals surface area contributed by atoms with Gasteiger partial charge in [-0.05, 0) is 25.2 Å². The van der Waals surface area contributed by atoms with E-state index in [0.717, 1.165) is 0 Å². The standard InChI is InChI=1S/C16H34P/c1-3-5-7-8-9-10-11-12-14-16-17-15-13-6-4-2/h3-16H2,1-2H3. The molecule has 0 atom stereocenters. The van der Waals surface area contributed by atoms with Crippen LogP contribution in [0.3, 0.4) is 0 Å². The fourth-order valence-corrected chi connectivity index (χ4v) is 3.24. The van der Waals surface area contributed by atoms with E-state index in [0.29, 0.717) is 0 Å². The first-order chi connectivity index (χ1) is 8.41. The van der Waals surface area contributed by atoms with Crippen LogP contribution < -0.4 is 0 Å². The molecule has 0 aliphatic rings. The molecule has 1 radical (unpaired) electrons. The van der Waals surface area contributed by atoms with Gasteiger partial charge >= 0.3 is 0 Å². The Balaban J connectivity index is 2.85. The topological polar surface area (TPSA) is 0 Å². The molecule has 0 aliphatic carbocycles. The molecule has 0 heterocycles. The highest BCUT2D eigenvalue weighted by molar-refractivity contribution is 7.37. The summed E-state index contributed by atoms with van der Waals surface area (Å²) < 4.78 is 0. The van der Waals surface area contributed by atoms with E-state index in [1.807, 2.05) is 0 Å². The van der Waals surface area contributed by atoms with E-state index in [-0.39, 0.29) is 0 Å². The molecule has 17 heavy (non-hydrogen) atoms. The second kappa shape index (κ2) is 16.4. The monoisotopic (exact) mass is 257 g/mol. The van der Waals surface area contributed by atoms with Crippen LogP contribution in [0.25, 0.3) is 0 Å². The van der Waals surface area contributed by atoms with Gasteiger partial charge < -0.3 is 0 Å². The summed E-state index contributed by atoms with van der Waals surface area (Å²) in [6, 6.07) is 0. The van der Waals surface area contributed by atoms with Crippen molar-refractivity contribution in [2.75, 3.05) is 12.3 Å². The number of hydrogen-bond acceptors (Lipinski definition) is 0. The van der Waals surface area contributed by atoms with Gasteiger partial charge in [-0.1, -0.05) is 86.6 Å². The van der Waals surface area contributed by atoms with E-state index in [1.165, 1.54) is 89.4 Å². The highest BCUT2D eigenvalue weighted by atomic mass is 31.1. The quantitative estimate of drug-likeness (QED) is 0.241. The van der Waals surface area contributed by atoms with Gasteiger partial charge in [0.1, 0.15) is 0 Å². The van der Waals surface area contributed by atoms with Crippen LogP contribution in [-0.2, 0) is 0 Å². The summed E-state index contributed by atoms with van der Waals surface area (Å²) in [7, 11) is 1.71. The van der Waals surface area contributed by atoms with Crippen LogP contribution in [0.15, 0.2) is 0 Å². The maximum absolute atomic E-state index is 2.29. The van der Waals surface area contributed by atoms with E-state index in [9.17, 15) is 0 Å². The minimum atomic E-state index is 1.37. The summed E-state index contributed by atoms with van der Waals surface area (Å²) in [5.41, 5.74) is 0. The Morgan fingerprint density at radius 1 is 0.471 bits per heavy atom. The zero-order valence-corrected chi connectivity index (χ0v) is 13.2. The smallest absolute Gasteiger partial charge is 0.0287 e. The van der Waals surface area contributed by atoms with Crippen LogP contribution >= 0.6 is 8.58 Å². The van der Waals surface area contributed by atoms with Gasteiger partial charge in [-0.3, -0.25) is 0 Å². The summed E-state index contributed by atoms with van der Waals surface area (Å²) in [5, 5.41) is 0. The Bertz CT molecular complexity index is 109. The normalized spacial score (nSPS) is 11.6. The maximum Gasteiger partial charge on any atom is -0.0287 e. The zero-order valence-electron chi connectivity index (χ0n) is 12.3. The molecular formula is C16H34P. The van der Waals surface area contributed by atoms with Crippen molar-refractivity contribution in [3.05, 3.63) is 0 Å². The van der Waals surface area contributed by atoms with Gasteiger partial charge in [0.05, 0.1) is 0 Å². The van der Waals surface area contributed by atoms with Crippen molar-refractivity contribution in [1.82, 2.24) is 0 Å². The Morgan fingerprint density at radius 3 is 1.35 bits per heavy atom. The van der Waals surface area contributed by atoms with Gasteiger partial charge in [-0.15, -0.1) is 0 Å². The highest BCUT2D eigenvalue weighted by Crippen LogP contribution is 2.17. The third-order valence-corrected chi connectivity index (χ3v) is 4.60. The second-order valence-corrected chi connectivity index (χ2v) is 6.55. The number of unbranched alkanes of at least 4 members (excludes halogenated alkanes) is 10. The fourth-order valence-electron chi connectivity index (χ4n) is 2.12. The lowest BCUT2D eigenvalue weighted by Crippen LogP contribution is -1.84. The predicted octanol–water partition coefficient (Wildman–Crippen LogP) is 6.65. The maximum atomic E-state index is 2.29. The van der Waals surface area contributed by atoms with Crippen molar-refractivity contribution >= 4 is 8.58 Å². The average molecular weight is 257 g/mol. The molecular weight excluding hydrogens is 223 g/mol. The van der Waals surface area contributed by atoms with E-state index in [1.54, 1.807) is 8.58 Å². The minimum Gasteiger partial charge on any atom is -0.0810 e. The van der Waals surface area contributed by atoms with Gasteiger partial charge in [0, 0.05) is 0 Å². The van der Waals surface area contributed by atoms with Crippen molar-refractivity contribution in [3.8, 4) is 0 Å². The van der Waals surface area contributed by atoms with Gasteiger partial charge in [0.15, 0.2) is 0 Å². The largest absolute Gasteiger partial charge is 0.0810 e. The Labute approximate surface area is 112 Å². The van der Waals surface area contributed by atoms with Crippen LogP contribution in [0.1, 0.15) is 90.9 Å². The summed E-state index contributed by atoms with van der Waals surface area (Å²) in [5.74, 6) is 0. The molecule has 0 spiro atoms. The van der Waals surface area contributed by atoms with Crippen molar-refractivity contribution < 1.29 is 0 Å². The molecule has 0 bridgehead atoms. The number of rotatable bonds is 14. The predicted molar refractivity (Wildman–Crippen MR) is 83.4 cm³/mol. The Kier molecular flexibility index (Phi) is 16.8. The van der Waals surface area contributed by atoms with Crippen LogP contribution in [0, 0.1) is 0 Å². The van der Waals surface area contributed by atoms with Crippen molar-refractivity contribution in [1.29, 1.82) is 0 Å². The van der Waals surface area contributed by atoms with Crippen LogP contribution in [0.4, 0.5) is 0 Å². The van der Waals surface area contributed by atoms with Crippen molar-refractivity contribution in [3.63, 3.8) is 0 Å². The van der Waals surface area contributed by atoms with Crippen LogP contribution in [-0.4, -0.2) is 12.3 Å². The molecule has 0 saturated carbocycles. The highest BCUT2D eigenvalue weighted by Gasteiger charge is 1.93. The SMILES string of the molecule is CCCCCCCCCCC[P]CCCCC. The molecule has 0 nitrogen and oxygen atoms in total. The van der Waals surface area contributed by atoms with E-state index in [2.05, 4.69) is 13.8 Å². The van der Waals surface area contributed by atoms with E-state index >= 15 is 0 Å². The van der Waals surface area contributed by atoms with Gasteiger partial charge in [-0.2, -0.15) is 0 Å². The first kappa shape index (κ1) is 17.4. The molecule has 103 valence electrons. The Morgan fingerprint density at radius 2 is 0.824 bits per heavy atom. The zero-order chi connectivity index (χ0) is 12.6. The molecule has 0 aromatic carbocycles. The summed E-state index contributed by atoms with van der Waals surface area (Å²) >= 11 is 0. The average Bonchev–Trinajstić information content (AvgIpc) is 2.35. The van der Waals surface area contributed by atoms with Gasteiger partial charge in [0.2, 0.25) is 0 Å². The first-order valence-electron chi connectivity index (χ1n) is 8.05. The third-order valence-electron chi connectivity index (χ3n) is 3.34. The van der Waals surface area contributed by atoms with Crippen LogP contribution in [0.2, 0.25) is 0 Å². The second-order valence-electron chi connectivity index (χ2n) is 5.21. The van der Waals surface area contributed by atoms with Gasteiger partial charge in [-0.25, -0.2) is 0 Å². The van der Waals surface area contributed by atoms with E-state index in [4.69, 9.17) is 0 Å². The third kappa shape index (κ3) is 16.4. The number of hydrogen-bond donors (Lipinski definition) is 0. The summed E-state index contributed by atoms with van der Waals surface area (Å²) in [4.78, 5) is 0. The van der Waals surface area contributed by atoms with E-state index < -0.39 is 0 Å². The lowest BCUT2D eigenvalue weighted by molar-refractivity contribution is 0.573. The van der Waals surface area contributed by atoms with Crippen molar-refractivity contribution in [2.45, 2.75) is 90.9 Å².